The Morgan fingerprint density at radius 2 is 1.85 bits per heavy atom. The molecule has 0 saturated carbocycles. The predicted molar refractivity (Wildman–Crippen MR) is 96.0 cm³/mol. The van der Waals surface area contributed by atoms with Crippen LogP contribution in [0.4, 0.5) is 4.39 Å². The average Bonchev–Trinajstić information content (AvgIpc) is 3.15. The Bertz CT molecular complexity index is 847. The zero-order valence-corrected chi connectivity index (χ0v) is 14.2. The minimum atomic E-state index is -0.418. The van der Waals surface area contributed by atoms with Crippen LogP contribution < -0.4 is 11.1 Å². The van der Waals surface area contributed by atoms with Crippen molar-refractivity contribution in [2.75, 3.05) is 6.54 Å². The van der Waals surface area contributed by atoms with Crippen LogP contribution in [0.5, 0.6) is 0 Å². The molecular formula is C20H20FN3O2. The Morgan fingerprint density at radius 3 is 2.58 bits per heavy atom. The first kappa shape index (κ1) is 17.8. The Kier molecular flexibility index (Phi) is 5.76. The van der Waals surface area contributed by atoms with E-state index in [9.17, 15) is 9.18 Å². The number of aromatic nitrogens is 1. The van der Waals surface area contributed by atoms with Crippen LogP contribution in [0.1, 0.15) is 33.5 Å². The molecule has 0 aliphatic rings. The van der Waals surface area contributed by atoms with E-state index in [4.69, 9.17) is 10.2 Å². The van der Waals surface area contributed by atoms with Gasteiger partial charge in [0.1, 0.15) is 12.1 Å². The second-order valence-electron chi connectivity index (χ2n) is 6.00. The van der Waals surface area contributed by atoms with Crippen LogP contribution in [0, 0.1) is 5.82 Å². The number of nitrogens with one attached hydrogen (secondary N) is 1. The van der Waals surface area contributed by atoms with Crippen LogP contribution in [0.15, 0.2) is 65.3 Å². The molecule has 3 rings (SSSR count). The van der Waals surface area contributed by atoms with Gasteiger partial charge in [0.25, 0.3) is 5.91 Å². The number of oxazole rings is 1. The van der Waals surface area contributed by atoms with Gasteiger partial charge >= 0.3 is 0 Å². The molecule has 1 amide bonds. The van der Waals surface area contributed by atoms with Gasteiger partial charge in [0, 0.05) is 6.54 Å². The number of benzene rings is 2. The van der Waals surface area contributed by atoms with Crippen molar-refractivity contribution >= 4 is 5.91 Å². The summed E-state index contributed by atoms with van der Waals surface area (Å²) in [4.78, 5) is 16.3. The second-order valence-corrected chi connectivity index (χ2v) is 6.00. The molecule has 0 saturated heterocycles. The van der Waals surface area contributed by atoms with Gasteiger partial charge in [-0.05, 0) is 36.1 Å². The highest BCUT2D eigenvalue weighted by Crippen LogP contribution is 2.15. The van der Waals surface area contributed by atoms with Gasteiger partial charge in [-0.2, -0.15) is 0 Å². The minimum absolute atomic E-state index is 0.197. The molecule has 0 aliphatic carbocycles. The molecule has 1 atom stereocenters. The number of amides is 1. The molecule has 5 nitrogen and oxygen atoms in total. The molecular weight excluding hydrogens is 333 g/mol. The Balaban J connectivity index is 1.51. The lowest BCUT2D eigenvalue weighted by molar-refractivity contribution is 0.0949. The summed E-state index contributed by atoms with van der Waals surface area (Å²) in [6.07, 6.45) is 2.49. The third kappa shape index (κ3) is 4.77. The summed E-state index contributed by atoms with van der Waals surface area (Å²) in [6, 6.07) is 15.5. The average molecular weight is 353 g/mol. The van der Waals surface area contributed by atoms with Gasteiger partial charge in [-0.25, -0.2) is 9.37 Å². The zero-order chi connectivity index (χ0) is 18.4. The minimum Gasteiger partial charge on any atom is -0.446 e. The normalized spacial score (nSPS) is 11.9. The van der Waals surface area contributed by atoms with Crippen molar-refractivity contribution in [2.24, 2.45) is 5.73 Å². The fraction of sp³-hybridized carbons (Fsp3) is 0.200. The van der Waals surface area contributed by atoms with E-state index in [1.165, 1.54) is 18.4 Å². The molecule has 26 heavy (non-hydrogen) atoms. The summed E-state index contributed by atoms with van der Waals surface area (Å²) in [7, 11) is 0. The fourth-order valence-electron chi connectivity index (χ4n) is 2.58. The van der Waals surface area contributed by atoms with E-state index in [0.29, 0.717) is 25.3 Å². The highest BCUT2D eigenvalue weighted by Gasteiger charge is 2.17. The van der Waals surface area contributed by atoms with E-state index < -0.39 is 6.04 Å². The number of hydrogen-bond acceptors (Lipinski definition) is 4. The second kappa shape index (κ2) is 8.40. The van der Waals surface area contributed by atoms with Crippen LogP contribution in [-0.4, -0.2) is 17.4 Å². The lowest BCUT2D eigenvalue weighted by Gasteiger charge is -2.07. The molecule has 3 N–H and O–H groups in total. The first-order valence-electron chi connectivity index (χ1n) is 8.39. The number of halogens is 1. The van der Waals surface area contributed by atoms with E-state index >= 15 is 0 Å². The standard InChI is InChI=1S/C20H20FN3O2/c21-16-8-6-14(7-9-16)10-11-23-19(25)18-13-26-20(24-18)17(22)12-15-4-2-1-3-5-15/h1-9,13,17H,10-12,22H2,(H,23,25). The molecule has 1 heterocycles. The van der Waals surface area contributed by atoms with Gasteiger partial charge in [-0.3, -0.25) is 4.79 Å². The zero-order valence-electron chi connectivity index (χ0n) is 14.2. The first-order chi connectivity index (χ1) is 12.6. The van der Waals surface area contributed by atoms with Crippen LogP contribution in [0.3, 0.4) is 0 Å². The third-order valence-corrected chi connectivity index (χ3v) is 3.98. The maximum absolute atomic E-state index is 12.9. The fourth-order valence-corrected chi connectivity index (χ4v) is 2.58. The highest BCUT2D eigenvalue weighted by atomic mass is 19.1. The van der Waals surface area contributed by atoms with E-state index in [0.717, 1.165) is 11.1 Å². The smallest absolute Gasteiger partial charge is 0.273 e. The summed E-state index contributed by atoms with van der Waals surface area (Å²) in [5.74, 6) is -0.272. The Morgan fingerprint density at radius 1 is 1.12 bits per heavy atom. The lowest BCUT2D eigenvalue weighted by atomic mass is 10.1. The van der Waals surface area contributed by atoms with Gasteiger partial charge < -0.3 is 15.5 Å². The molecule has 0 fully saturated rings. The molecule has 0 bridgehead atoms. The number of hydrogen-bond donors (Lipinski definition) is 2. The van der Waals surface area contributed by atoms with E-state index in [1.807, 2.05) is 30.3 Å². The molecule has 0 radical (unpaired) electrons. The maximum atomic E-state index is 12.9. The molecule has 134 valence electrons. The van der Waals surface area contributed by atoms with Gasteiger partial charge in [-0.1, -0.05) is 42.5 Å². The maximum Gasteiger partial charge on any atom is 0.273 e. The Hall–Kier alpha value is -2.99. The number of rotatable bonds is 7. The van der Waals surface area contributed by atoms with Crippen LogP contribution in [0.2, 0.25) is 0 Å². The van der Waals surface area contributed by atoms with Crippen molar-refractivity contribution in [1.29, 1.82) is 0 Å². The summed E-state index contributed by atoms with van der Waals surface area (Å²) >= 11 is 0. The van der Waals surface area contributed by atoms with Crippen LogP contribution >= 0.6 is 0 Å². The number of carbonyl (C=O) groups is 1. The summed E-state index contributed by atoms with van der Waals surface area (Å²) < 4.78 is 18.2. The monoisotopic (exact) mass is 353 g/mol. The Labute approximate surface area is 151 Å². The molecule has 1 unspecified atom stereocenters. The highest BCUT2D eigenvalue weighted by molar-refractivity contribution is 5.91. The predicted octanol–water partition coefficient (Wildman–Crippen LogP) is 3.03. The molecule has 6 heteroatoms. The van der Waals surface area contributed by atoms with Gasteiger partial charge in [-0.15, -0.1) is 0 Å². The number of nitrogens with zero attached hydrogens (tertiary/aromatic N) is 1. The molecule has 1 aromatic heterocycles. The van der Waals surface area contributed by atoms with Crippen molar-refractivity contribution < 1.29 is 13.6 Å². The third-order valence-electron chi connectivity index (χ3n) is 3.98. The summed E-state index contributed by atoms with van der Waals surface area (Å²) in [6.45, 7) is 0.419. The molecule has 3 aromatic rings. The molecule has 0 aliphatic heterocycles. The van der Waals surface area contributed by atoms with Crippen molar-refractivity contribution in [3.05, 3.63) is 89.4 Å². The molecule has 0 spiro atoms. The number of nitrogens with two attached hydrogens (primary N) is 1. The van der Waals surface area contributed by atoms with E-state index in [-0.39, 0.29) is 17.4 Å². The van der Waals surface area contributed by atoms with E-state index in [1.54, 1.807) is 12.1 Å². The SMILES string of the molecule is NC(Cc1ccccc1)c1nc(C(=O)NCCc2ccc(F)cc2)co1. The van der Waals surface area contributed by atoms with Gasteiger partial charge in [0.2, 0.25) is 5.89 Å². The van der Waals surface area contributed by atoms with Crippen molar-refractivity contribution in [2.45, 2.75) is 18.9 Å². The van der Waals surface area contributed by atoms with Gasteiger partial charge in [0.05, 0.1) is 6.04 Å². The molecule has 2 aromatic carbocycles. The van der Waals surface area contributed by atoms with Crippen LogP contribution in [0.25, 0.3) is 0 Å². The van der Waals surface area contributed by atoms with Crippen molar-refractivity contribution in [3.63, 3.8) is 0 Å². The first-order valence-corrected chi connectivity index (χ1v) is 8.39. The van der Waals surface area contributed by atoms with Crippen molar-refractivity contribution in [1.82, 2.24) is 10.3 Å². The van der Waals surface area contributed by atoms with Crippen LogP contribution in [-0.2, 0) is 12.8 Å². The lowest BCUT2D eigenvalue weighted by Crippen LogP contribution is -2.26. The largest absolute Gasteiger partial charge is 0.446 e. The topological polar surface area (TPSA) is 81.1 Å². The quantitative estimate of drug-likeness (QED) is 0.684. The van der Waals surface area contributed by atoms with Gasteiger partial charge in [0.15, 0.2) is 5.69 Å². The summed E-state index contributed by atoms with van der Waals surface area (Å²) in [5, 5.41) is 2.77. The van der Waals surface area contributed by atoms with E-state index in [2.05, 4.69) is 10.3 Å². The van der Waals surface area contributed by atoms with Crippen molar-refractivity contribution in [3.8, 4) is 0 Å². The number of carbonyl (C=O) groups excluding carboxylic acids is 1. The summed E-state index contributed by atoms with van der Waals surface area (Å²) in [5.41, 5.74) is 8.32.